The molecular weight excluding hydrogens is 492 g/mol. The highest BCUT2D eigenvalue weighted by Crippen LogP contribution is 2.29. The average molecular weight is 524 g/mol. The van der Waals surface area contributed by atoms with Crippen LogP contribution in [0.4, 0.5) is 0 Å². The summed E-state index contributed by atoms with van der Waals surface area (Å²) in [6.07, 6.45) is 0. The maximum Gasteiger partial charge on any atom is 0.261 e. The summed E-state index contributed by atoms with van der Waals surface area (Å²) < 4.78 is 6.60. The molecule has 32 heavy (non-hydrogen) atoms. The topological polar surface area (TPSA) is 58.6 Å². The van der Waals surface area contributed by atoms with E-state index in [1.165, 1.54) is 10.5 Å². The molecule has 0 aliphatic carbocycles. The molecule has 1 atom stereocenters. The fourth-order valence-corrected chi connectivity index (χ4v) is 3.81. The summed E-state index contributed by atoms with van der Waals surface area (Å²) in [7, 11) is 0. The molecule has 2 rings (SSSR count). The third kappa shape index (κ3) is 7.82. The number of nitrogens with one attached hydrogen (secondary N) is 1. The zero-order chi connectivity index (χ0) is 23.8. The van der Waals surface area contributed by atoms with Crippen LogP contribution in [0, 0.1) is 5.92 Å². The lowest BCUT2D eigenvalue weighted by molar-refractivity contribution is -0.142. The second-order valence-corrected chi connectivity index (χ2v) is 9.89. The maximum absolute atomic E-state index is 13.1. The van der Waals surface area contributed by atoms with Crippen LogP contribution < -0.4 is 10.1 Å². The van der Waals surface area contributed by atoms with Gasteiger partial charge in [0.15, 0.2) is 6.61 Å². The number of carbonyl (C=O) groups excluding carboxylic acids is 2. The lowest BCUT2D eigenvalue weighted by atomic mass is 10.0. The van der Waals surface area contributed by atoms with Gasteiger partial charge < -0.3 is 15.0 Å². The molecule has 0 heterocycles. The molecule has 7 heteroatoms. The van der Waals surface area contributed by atoms with Crippen molar-refractivity contribution in [3.05, 3.63) is 63.1 Å². The fourth-order valence-electron chi connectivity index (χ4n) is 3.08. The van der Waals surface area contributed by atoms with Crippen molar-refractivity contribution in [1.82, 2.24) is 10.2 Å². The Kier molecular flexibility index (Phi) is 10.0. The third-order valence-electron chi connectivity index (χ3n) is 5.07. The van der Waals surface area contributed by atoms with E-state index in [-0.39, 0.29) is 25.0 Å². The van der Waals surface area contributed by atoms with Crippen LogP contribution in [-0.2, 0) is 16.1 Å². The summed E-state index contributed by atoms with van der Waals surface area (Å²) >= 11 is 9.64. The van der Waals surface area contributed by atoms with Crippen LogP contribution in [0.25, 0.3) is 0 Å². The summed E-state index contributed by atoms with van der Waals surface area (Å²) in [4.78, 5) is 27.4. The van der Waals surface area contributed by atoms with Crippen LogP contribution in [0.2, 0.25) is 5.02 Å². The lowest BCUT2D eigenvalue weighted by Crippen LogP contribution is -2.49. The molecule has 174 valence electrons. The number of ether oxygens (including phenoxy) is 1. The third-order valence-corrected chi connectivity index (χ3v) is 5.92. The van der Waals surface area contributed by atoms with Gasteiger partial charge in [0.25, 0.3) is 5.91 Å². The SMILES string of the molecule is CC(C)CNC(=O)C(C)N(Cc1cccc(Cl)c1)C(=O)COc1ccc(C(C)C)cc1Br. The van der Waals surface area contributed by atoms with Gasteiger partial charge in [-0.25, -0.2) is 0 Å². The monoisotopic (exact) mass is 522 g/mol. The van der Waals surface area contributed by atoms with E-state index < -0.39 is 6.04 Å². The number of nitrogens with zero attached hydrogens (tertiary/aromatic N) is 1. The number of rotatable bonds is 10. The molecule has 5 nitrogen and oxygen atoms in total. The Morgan fingerprint density at radius 3 is 2.41 bits per heavy atom. The van der Waals surface area contributed by atoms with Crippen molar-refractivity contribution < 1.29 is 14.3 Å². The number of hydrogen-bond acceptors (Lipinski definition) is 3. The van der Waals surface area contributed by atoms with Crippen molar-refractivity contribution in [2.75, 3.05) is 13.2 Å². The van der Waals surface area contributed by atoms with Gasteiger partial charge in [-0.15, -0.1) is 0 Å². The average Bonchev–Trinajstić information content (AvgIpc) is 2.74. The number of halogens is 2. The Morgan fingerprint density at radius 1 is 1.09 bits per heavy atom. The molecule has 0 aromatic heterocycles. The zero-order valence-electron chi connectivity index (χ0n) is 19.3. The van der Waals surface area contributed by atoms with Crippen molar-refractivity contribution >= 4 is 39.3 Å². The molecule has 1 unspecified atom stereocenters. The van der Waals surface area contributed by atoms with E-state index in [1.807, 2.05) is 44.2 Å². The van der Waals surface area contributed by atoms with Crippen molar-refractivity contribution in [2.45, 2.75) is 53.1 Å². The molecule has 0 saturated heterocycles. The minimum Gasteiger partial charge on any atom is -0.483 e. The van der Waals surface area contributed by atoms with Gasteiger partial charge in [0.05, 0.1) is 4.47 Å². The number of amides is 2. The standard InChI is InChI=1S/C25H32BrClN2O3/c1-16(2)13-28-25(31)18(5)29(14-19-7-6-8-21(27)11-19)24(30)15-32-23-10-9-20(17(3)4)12-22(23)26/h6-12,16-18H,13-15H2,1-5H3,(H,28,31). The predicted octanol–water partition coefficient (Wildman–Crippen LogP) is 5.79. The summed E-state index contributed by atoms with van der Waals surface area (Å²) in [5.41, 5.74) is 2.02. The molecule has 1 N–H and O–H groups in total. The normalized spacial score (nSPS) is 12.0. The van der Waals surface area contributed by atoms with Crippen molar-refractivity contribution in [2.24, 2.45) is 5.92 Å². The second-order valence-electron chi connectivity index (χ2n) is 8.60. The van der Waals surface area contributed by atoms with Gasteiger partial charge >= 0.3 is 0 Å². The summed E-state index contributed by atoms with van der Waals surface area (Å²) in [5, 5.41) is 3.49. The first-order valence-corrected chi connectivity index (χ1v) is 12.0. The van der Waals surface area contributed by atoms with Gasteiger partial charge in [-0.1, -0.05) is 57.5 Å². The largest absolute Gasteiger partial charge is 0.483 e. The molecule has 0 radical (unpaired) electrons. The Balaban J connectivity index is 2.16. The van der Waals surface area contributed by atoms with E-state index in [2.05, 4.69) is 35.1 Å². The minimum atomic E-state index is -0.657. The highest BCUT2D eigenvalue weighted by molar-refractivity contribution is 9.10. The smallest absolute Gasteiger partial charge is 0.261 e. The molecule has 0 saturated carbocycles. The molecule has 2 amide bonds. The number of benzene rings is 2. The van der Waals surface area contributed by atoms with Crippen LogP contribution in [-0.4, -0.2) is 35.9 Å². The van der Waals surface area contributed by atoms with Gasteiger partial charge in [-0.3, -0.25) is 9.59 Å². The first-order valence-electron chi connectivity index (χ1n) is 10.8. The van der Waals surface area contributed by atoms with Gasteiger partial charge in [-0.2, -0.15) is 0 Å². The van der Waals surface area contributed by atoms with E-state index in [9.17, 15) is 9.59 Å². The van der Waals surface area contributed by atoms with E-state index >= 15 is 0 Å². The van der Waals surface area contributed by atoms with Crippen LogP contribution in [0.1, 0.15) is 51.7 Å². The fraction of sp³-hybridized carbons (Fsp3) is 0.440. The first-order chi connectivity index (χ1) is 15.1. The summed E-state index contributed by atoms with van der Waals surface area (Å²) in [6, 6.07) is 12.5. The van der Waals surface area contributed by atoms with Crippen LogP contribution in [0.15, 0.2) is 46.9 Å². The molecule has 0 fully saturated rings. The molecule has 2 aromatic rings. The van der Waals surface area contributed by atoms with E-state index in [1.54, 1.807) is 19.1 Å². The van der Waals surface area contributed by atoms with E-state index in [0.29, 0.717) is 29.2 Å². The highest BCUT2D eigenvalue weighted by atomic mass is 79.9. The van der Waals surface area contributed by atoms with Crippen LogP contribution in [0.3, 0.4) is 0 Å². The Labute approximate surface area is 204 Å². The second kappa shape index (κ2) is 12.3. The number of hydrogen-bond donors (Lipinski definition) is 1. The van der Waals surface area contributed by atoms with E-state index in [0.717, 1.165) is 10.0 Å². The zero-order valence-corrected chi connectivity index (χ0v) is 21.7. The number of carbonyl (C=O) groups is 2. The Morgan fingerprint density at radius 2 is 1.81 bits per heavy atom. The van der Waals surface area contributed by atoms with Gasteiger partial charge in [0.2, 0.25) is 5.91 Å². The van der Waals surface area contributed by atoms with Crippen LogP contribution >= 0.6 is 27.5 Å². The molecule has 0 bridgehead atoms. The van der Waals surface area contributed by atoms with Crippen molar-refractivity contribution in [1.29, 1.82) is 0 Å². The summed E-state index contributed by atoms with van der Waals surface area (Å²) in [5.74, 6) is 0.814. The maximum atomic E-state index is 13.1. The van der Waals surface area contributed by atoms with Gasteiger partial charge in [-0.05, 0) is 70.1 Å². The first kappa shape index (κ1) is 26.2. The lowest BCUT2D eigenvalue weighted by Gasteiger charge is -2.29. The minimum absolute atomic E-state index is 0.179. The molecule has 0 spiro atoms. The van der Waals surface area contributed by atoms with E-state index in [4.69, 9.17) is 16.3 Å². The van der Waals surface area contributed by atoms with Crippen molar-refractivity contribution in [3.63, 3.8) is 0 Å². The van der Waals surface area contributed by atoms with Gasteiger partial charge in [0, 0.05) is 18.1 Å². The summed E-state index contributed by atoms with van der Waals surface area (Å²) in [6.45, 7) is 10.6. The molecular formula is C25H32BrClN2O3. The molecule has 0 aliphatic rings. The predicted molar refractivity (Wildman–Crippen MR) is 133 cm³/mol. The highest BCUT2D eigenvalue weighted by Gasteiger charge is 2.26. The van der Waals surface area contributed by atoms with Gasteiger partial charge in [0.1, 0.15) is 11.8 Å². The Bertz CT molecular complexity index is 933. The Hall–Kier alpha value is -2.05. The van der Waals surface area contributed by atoms with Crippen molar-refractivity contribution in [3.8, 4) is 5.75 Å². The van der Waals surface area contributed by atoms with Crippen LogP contribution in [0.5, 0.6) is 5.75 Å². The molecule has 2 aromatic carbocycles. The molecule has 0 aliphatic heterocycles. The quantitative estimate of drug-likeness (QED) is 0.428.